The quantitative estimate of drug-likeness (QED) is 0.785. The average Bonchev–Trinajstić information content (AvgIpc) is 2.81. The van der Waals surface area contributed by atoms with Gasteiger partial charge >= 0.3 is 0 Å². The molecule has 7 nitrogen and oxygen atoms in total. The van der Waals surface area contributed by atoms with E-state index >= 15 is 0 Å². The van der Waals surface area contributed by atoms with Gasteiger partial charge in [-0.05, 0) is 13.3 Å². The van der Waals surface area contributed by atoms with Crippen molar-refractivity contribution in [2.75, 3.05) is 11.4 Å². The molecule has 1 aliphatic rings. The number of carbonyl (C=O) groups excluding carboxylic acids is 1. The van der Waals surface area contributed by atoms with Crippen LogP contribution in [-0.2, 0) is 21.2 Å². The molecule has 0 spiro atoms. The Morgan fingerprint density at radius 2 is 2.22 bits per heavy atom. The Morgan fingerprint density at radius 1 is 1.56 bits per heavy atom. The summed E-state index contributed by atoms with van der Waals surface area (Å²) in [6.45, 7) is 3.91. The van der Waals surface area contributed by atoms with Gasteiger partial charge in [0.15, 0.2) is 5.82 Å². The third kappa shape index (κ3) is 2.13. The zero-order valence-corrected chi connectivity index (χ0v) is 11.1. The maximum atomic E-state index is 11.8. The number of primary sulfonamides is 1. The minimum atomic E-state index is -3.69. The Kier molecular flexibility index (Phi) is 3.16. The molecule has 3 N–H and O–H groups in total. The number of nitrogens with one attached hydrogen (secondary N) is 1. The van der Waals surface area contributed by atoms with Crippen molar-refractivity contribution in [1.29, 1.82) is 0 Å². The summed E-state index contributed by atoms with van der Waals surface area (Å²) in [6.07, 6.45) is 0.700. The summed E-state index contributed by atoms with van der Waals surface area (Å²) in [4.78, 5) is 13.2. The first-order valence-corrected chi connectivity index (χ1v) is 7.31. The lowest BCUT2D eigenvalue weighted by Gasteiger charge is -2.14. The van der Waals surface area contributed by atoms with Crippen LogP contribution in [0.1, 0.15) is 24.6 Å². The predicted octanol–water partition coefficient (Wildman–Crippen LogP) is -0.326. The zero-order chi connectivity index (χ0) is 13.5. The van der Waals surface area contributed by atoms with Crippen LogP contribution in [0.2, 0.25) is 0 Å². The van der Waals surface area contributed by atoms with Gasteiger partial charge in [0.05, 0.1) is 0 Å². The summed E-state index contributed by atoms with van der Waals surface area (Å²) in [5.41, 5.74) is 1.82. The van der Waals surface area contributed by atoms with Crippen LogP contribution in [0.5, 0.6) is 0 Å². The van der Waals surface area contributed by atoms with E-state index in [1.54, 1.807) is 0 Å². The molecule has 8 heteroatoms. The molecule has 1 atom stereocenters. The first-order valence-electron chi connectivity index (χ1n) is 5.70. The molecule has 1 saturated heterocycles. The fraction of sp³-hybridized carbons (Fsp3) is 0.600. The molecule has 1 amide bonds. The lowest BCUT2D eigenvalue weighted by Crippen LogP contribution is -2.32. The van der Waals surface area contributed by atoms with Crippen molar-refractivity contribution in [2.24, 2.45) is 5.14 Å². The van der Waals surface area contributed by atoms with Crippen molar-refractivity contribution in [3.63, 3.8) is 0 Å². The number of aryl methyl sites for hydroxylation is 1. The van der Waals surface area contributed by atoms with Crippen LogP contribution < -0.4 is 10.0 Å². The summed E-state index contributed by atoms with van der Waals surface area (Å²) >= 11 is 0. The van der Waals surface area contributed by atoms with Crippen LogP contribution in [0.15, 0.2) is 0 Å². The number of nitrogens with two attached hydrogens (primary N) is 1. The maximum Gasteiger partial charge on any atom is 0.229 e. The van der Waals surface area contributed by atoms with Crippen molar-refractivity contribution >= 4 is 21.7 Å². The van der Waals surface area contributed by atoms with Crippen molar-refractivity contribution in [2.45, 2.75) is 31.9 Å². The molecule has 2 rings (SSSR count). The highest BCUT2D eigenvalue weighted by Gasteiger charge is 2.38. The van der Waals surface area contributed by atoms with Gasteiger partial charge in [-0.3, -0.25) is 14.8 Å². The Bertz CT molecular complexity index is 578. The number of aromatic amines is 1. The summed E-state index contributed by atoms with van der Waals surface area (Å²) < 4.78 is 22.5. The van der Waals surface area contributed by atoms with Crippen LogP contribution in [0.25, 0.3) is 0 Å². The highest BCUT2D eigenvalue weighted by atomic mass is 32.2. The van der Waals surface area contributed by atoms with Crippen LogP contribution in [0, 0.1) is 6.92 Å². The van der Waals surface area contributed by atoms with Gasteiger partial charge in [0, 0.05) is 24.2 Å². The largest absolute Gasteiger partial charge is 0.294 e. The molecule has 0 aromatic carbocycles. The second kappa shape index (κ2) is 4.36. The van der Waals surface area contributed by atoms with Crippen LogP contribution in [0.3, 0.4) is 0 Å². The first-order chi connectivity index (χ1) is 8.34. The Morgan fingerprint density at radius 3 is 2.67 bits per heavy atom. The number of H-pyrrole nitrogens is 1. The van der Waals surface area contributed by atoms with Gasteiger partial charge in [0.25, 0.3) is 0 Å². The Balaban J connectivity index is 2.30. The van der Waals surface area contributed by atoms with E-state index in [0.29, 0.717) is 5.82 Å². The predicted molar refractivity (Wildman–Crippen MR) is 66.6 cm³/mol. The molecule has 1 fully saturated rings. The number of hydrogen-bond acceptors (Lipinski definition) is 4. The van der Waals surface area contributed by atoms with Crippen molar-refractivity contribution < 1.29 is 13.2 Å². The lowest BCUT2D eigenvalue weighted by atomic mass is 10.2. The normalized spacial score (nSPS) is 20.7. The maximum absolute atomic E-state index is 11.8. The van der Waals surface area contributed by atoms with Gasteiger partial charge in [0.2, 0.25) is 15.9 Å². The van der Waals surface area contributed by atoms with E-state index in [-0.39, 0.29) is 18.9 Å². The van der Waals surface area contributed by atoms with Gasteiger partial charge in [-0.25, -0.2) is 13.6 Å². The minimum Gasteiger partial charge on any atom is -0.294 e. The summed E-state index contributed by atoms with van der Waals surface area (Å²) in [5.74, 6) is 0.245. The topological polar surface area (TPSA) is 109 Å². The van der Waals surface area contributed by atoms with E-state index in [2.05, 4.69) is 10.2 Å². The number of carbonyl (C=O) groups is 1. The molecule has 0 radical (unpaired) electrons. The number of anilines is 1. The van der Waals surface area contributed by atoms with E-state index in [1.165, 1.54) is 4.90 Å². The average molecular weight is 272 g/mol. The minimum absolute atomic E-state index is 0.0759. The highest BCUT2D eigenvalue weighted by molar-refractivity contribution is 7.89. The van der Waals surface area contributed by atoms with Crippen LogP contribution in [0.4, 0.5) is 5.82 Å². The fourth-order valence-corrected chi connectivity index (χ4v) is 2.86. The molecular formula is C10H16N4O3S. The molecule has 100 valence electrons. The molecule has 0 saturated carbocycles. The summed E-state index contributed by atoms with van der Waals surface area (Å²) in [5, 5.41) is 11.2. The third-order valence-corrected chi connectivity index (χ3v) is 4.49. The molecule has 1 aromatic rings. The van der Waals surface area contributed by atoms with E-state index in [0.717, 1.165) is 17.7 Å². The van der Waals surface area contributed by atoms with E-state index in [1.807, 2.05) is 13.8 Å². The van der Waals surface area contributed by atoms with Crippen molar-refractivity contribution in [3.8, 4) is 0 Å². The molecular weight excluding hydrogens is 256 g/mol. The molecule has 18 heavy (non-hydrogen) atoms. The molecule has 1 unspecified atom stereocenters. The molecule has 0 bridgehead atoms. The summed E-state index contributed by atoms with van der Waals surface area (Å²) in [6, 6.07) is 0. The third-order valence-electron chi connectivity index (χ3n) is 3.25. The first kappa shape index (κ1) is 13.0. The molecule has 2 heterocycles. The number of nitrogens with zero attached hydrogens (tertiary/aromatic N) is 2. The molecule has 1 aromatic heterocycles. The SMILES string of the molecule is CCc1[nH]nc(N2CC(S(N)(=O)=O)CC2=O)c1C. The number of sulfonamides is 1. The Labute approximate surface area is 105 Å². The fourth-order valence-electron chi connectivity index (χ4n) is 2.13. The second-order valence-electron chi connectivity index (χ2n) is 4.42. The van der Waals surface area contributed by atoms with E-state index in [4.69, 9.17) is 5.14 Å². The lowest BCUT2D eigenvalue weighted by molar-refractivity contribution is -0.117. The number of rotatable bonds is 3. The zero-order valence-electron chi connectivity index (χ0n) is 10.3. The number of aromatic nitrogens is 2. The standard InChI is InChI=1S/C10H16N4O3S/c1-3-8-6(2)10(13-12-8)14-5-7(4-9(14)15)18(11,16)17/h7H,3-5H2,1-2H3,(H,12,13)(H2,11,16,17). The van der Waals surface area contributed by atoms with Crippen LogP contribution >= 0.6 is 0 Å². The van der Waals surface area contributed by atoms with Crippen molar-refractivity contribution in [3.05, 3.63) is 11.3 Å². The second-order valence-corrected chi connectivity index (χ2v) is 6.27. The number of hydrogen-bond donors (Lipinski definition) is 2. The number of amides is 1. The van der Waals surface area contributed by atoms with Gasteiger partial charge in [-0.2, -0.15) is 5.10 Å². The van der Waals surface area contributed by atoms with E-state index in [9.17, 15) is 13.2 Å². The smallest absolute Gasteiger partial charge is 0.229 e. The molecule has 0 aliphatic carbocycles. The van der Waals surface area contributed by atoms with Crippen molar-refractivity contribution in [1.82, 2.24) is 10.2 Å². The molecule has 1 aliphatic heterocycles. The van der Waals surface area contributed by atoms with Gasteiger partial charge in [-0.15, -0.1) is 0 Å². The summed E-state index contributed by atoms with van der Waals surface area (Å²) in [7, 11) is -3.69. The van der Waals surface area contributed by atoms with Gasteiger partial charge < -0.3 is 0 Å². The Hall–Kier alpha value is -1.41. The monoisotopic (exact) mass is 272 g/mol. The van der Waals surface area contributed by atoms with E-state index < -0.39 is 15.3 Å². The van der Waals surface area contributed by atoms with Gasteiger partial charge in [-0.1, -0.05) is 6.92 Å². The van der Waals surface area contributed by atoms with Gasteiger partial charge in [0.1, 0.15) is 5.25 Å². The van der Waals surface area contributed by atoms with Crippen LogP contribution in [-0.4, -0.2) is 36.3 Å². The highest BCUT2D eigenvalue weighted by Crippen LogP contribution is 2.26.